The van der Waals surface area contributed by atoms with Crippen molar-refractivity contribution >= 4 is 28.9 Å². The van der Waals surface area contributed by atoms with Gasteiger partial charge < -0.3 is 19.9 Å². The van der Waals surface area contributed by atoms with Crippen molar-refractivity contribution in [3.05, 3.63) is 106 Å². The summed E-state index contributed by atoms with van der Waals surface area (Å²) in [6.07, 6.45) is 5.43. The van der Waals surface area contributed by atoms with Gasteiger partial charge in [0.05, 0.1) is 23.5 Å². The van der Waals surface area contributed by atoms with Crippen molar-refractivity contribution in [3.8, 4) is 11.4 Å². The maximum absolute atomic E-state index is 10.6. The average molecular weight is 490 g/mol. The lowest BCUT2D eigenvalue weighted by atomic mass is 9.96. The number of hydrogen-bond donors (Lipinski definition) is 2. The van der Waals surface area contributed by atoms with E-state index in [9.17, 15) is 5.11 Å². The van der Waals surface area contributed by atoms with E-state index < -0.39 is 0 Å². The van der Waals surface area contributed by atoms with Crippen LogP contribution < -0.4 is 5.32 Å². The lowest BCUT2D eigenvalue weighted by molar-refractivity contribution is 0.310. The molecule has 0 amide bonds. The monoisotopic (exact) mass is 489 g/mol. The Balaban J connectivity index is 1.64. The Morgan fingerprint density at radius 2 is 1.94 bits per heavy atom. The molecule has 1 aromatic carbocycles. The quantitative estimate of drug-likeness (QED) is 0.365. The van der Waals surface area contributed by atoms with Crippen LogP contribution in [0.25, 0.3) is 5.69 Å². The van der Waals surface area contributed by atoms with Crippen molar-refractivity contribution in [2.45, 2.75) is 32.5 Å². The largest absolute Gasteiger partial charge is 0.506 e. The van der Waals surface area contributed by atoms with E-state index in [2.05, 4.69) is 33.2 Å². The summed E-state index contributed by atoms with van der Waals surface area (Å²) in [4.78, 5) is 11.1. The van der Waals surface area contributed by atoms with Crippen molar-refractivity contribution in [2.24, 2.45) is 0 Å². The van der Waals surface area contributed by atoms with Gasteiger partial charge in [-0.3, -0.25) is 9.97 Å². The van der Waals surface area contributed by atoms with Crippen LogP contribution in [0.15, 0.2) is 73.2 Å². The summed E-state index contributed by atoms with van der Waals surface area (Å²) in [5.74, 6) is 0.173. The second-order valence-electron chi connectivity index (χ2n) is 8.41. The Labute approximate surface area is 208 Å². The molecule has 0 spiro atoms. The Bertz CT molecular complexity index is 1340. The van der Waals surface area contributed by atoms with Crippen LogP contribution in [0, 0.1) is 13.8 Å². The fourth-order valence-electron chi connectivity index (χ4n) is 4.74. The molecule has 172 valence electrons. The van der Waals surface area contributed by atoms with E-state index >= 15 is 0 Å². The molecule has 4 heterocycles. The third-order valence-electron chi connectivity index (χ3n) is 6.24. The molecule has 0 radical (unpaired) electrons. The molecular formula is C26H24ClN5OS. The van der Waals surface area contributed by atoms with Gasteiger partial charge in [0.1, 0.15) is 5.75 Å². The van der Waals surface area contributed by atoms with E-state index in [1.54, 1.807) is 30.6 Å². The minimum absolute atomic E-state index is 0.108. The van der Waals surface area contributed by atoms with Crippen molar-refractivity contribution in [2.75, 3.05) is 0 Å². The number of aryl methyl sites for hydroxylation is 1. The zero-order valence-electron chi connectivity index (χ0n) is 18.8. The molecule has 3 aromatic heterocycles. The van der Waals surface area contributed by atoms with Gasteiger partial charge in [0.2, 0.25) is 0 Å². The van der Waals surface area contributed by atoms with E-state index in [-0.39, 0.29) is 17.8 Å². The minimum Gasteiger partial charge on any atom is -0.506 e. The van der Waals surface area contributed by atoms with Gasteiger partial charge in [-0.05, 0) is 79.7 Å². The molecule has 5 rings (SSSR count). The Kier molecular flexibility index (Phi) is 5.98. The standard InChI is InChI=1S/C26H24ClN5OS/c1-16-12-20(17(2)32(16)22-13-19(27)8-9-23(22)33)25-24(21-7-3-4-11-29-21)30-26(34)31(25)15-18-6-5-10-28-14-18/h3-14,24-25,33H,15H2,1-2H3,(H,30,34). The first-order chi connectivity index (χ1) is 16.4. The molecule has 2 atom stereocenters. The third-order valence-corrected chi connectivity index (χ3v) is 6.83. The summed E-state index contributed by atoms with van der Waals surface area (Å²) in [6, 6.07) is 16.9. The van der Waals surface area contributed by atoms with Gasteiger partial charge in [0, 0.05) is 41.5 Å². The first kappa shape index (κ1) is 22.4. The number of pyridine rings is 2. The van der Waals surface area contributed by atoms with Crippen LogP contribution in [0.4, 0.5) is 0 Å². The number of phenolic OH excluding ortho intramolecular Hbond substituents is 1. The Morgan fingerprint density at radius 3 is 2.68 bits per heavy atom. The summed E-state index contributed by atoms with van der Waals surface area (Å²) >= 11 is 12.1. The molecule has 2 N–H and O–H groups in total. The maximum atomic E-state index is 10.6. The second kappa shape index (κ2) is 9.08. The minimum atomic E-state index is -0.132. The number of aromatic nitrogens is 3. The lowest BCUT2D eigenvalue weighted by Gasteiger charge is -2.28. The van der Waals surface area contributed by atoms with Gasteiger partial charge >= 0.3 is 0 Å². The van der Waals surface area contributed by atoms with Crippen LogP contribution in [0.5, 0.6) is 5.75 Å². The summed E-state index contributed by atoms with van der Waals surface area (Å²) < 4.78 is 2.04. The van der Waals surface area contributed by atoms with Crippen LogP contribution in [-0.4, -0.2) is 29.7 Å². The molecule has 0 saturated carbocycles. The number of nitrogens with zero attached hydrogens (tertiary/aromatic N) is 4. The SMILES string of the molecule is Cc1cc(C2C(c3ccccn3)NC(=S)N2Cc2cccnc2)c(C)n1-c1cc(Cl)ccc1O. The van der Waals surface area contributed by atoms with Crippen molar-refractivity contribution in [1.82, 2.24) is 24.8 Å². The highest BCUT2D eigenvalue weighted by atomic mass is 35.5. The van der Waals surface area contributed by atoms with Crippen LogP contribution in [-0.2, 0) is 6.54 Å². The van der Waals surface area contributed by atoms with Gasteiger partial charge in [-0.1, -0.05) is 23.7 Å². The number of aromatic hydroxyl groups is 1. The number of benzene rings is 1. The fraction of sp³-hybridized carbons (Fsp3) is 0.192. The molecule has 0 aliphatic carbocycles. The number of thiocarbonyl (C=S) groups is 1. The van der Waals surface area contributed by atoms with Crippen molar-refractivity contribution in [1.29, 1.82) is 0 Å². The molecule has 0 bridgehead atoms. The van der Waals surface area contributed by atoms with Crippen LogP contribution in [0.2, 0.25) is 5.02 Å². The molecule has 1 saturated heterocycles. The van der Waals surface area contributed by atoms with E-state index in [1.165, 1.54) is 0 Å². The average Bonchev–Trinajstić information content (AvgIpc) is 3.31. The van der Waals surface area contributed by atoms with Crippen LogP contribution >= 0.6 is 23.8 Å². The first-order valence-corrected chi connectivity index (χ1v) is 11.8. The second-order valence-corrected chi connectivity index (χ2v) is 9.23. The first-order valence-electron chi connectivity index (χ1n) is 11.0. The van der Waals surface area contributed by atoms with Crippen molar-refractivity contribution < 1.29 is 5.11 Å². The third kappa shape index (κ3) is 4.02. The van der Waals surface area contributed by atoms with Gasteiger partial charge in [-0.15, -0.1) is 0 Å². The number of rotatable bonds is 5. The highest BCUT2D eigenvalue weighted by Crippen LogP contribution is 2.42. The maximum Gasteiger partial charge on any atom is 0.170 e. The summed E-state index contributed by atoms with van der Waals surface area (Å²) in [7, 11) is 0. The molecule has 6 nitrogen and oxygen atoms in total. The molecule has 34 heavy (non-hydrogen) atoms. The van der Waals surface area contributed by atoms with Crippen LogP contribution in [0.1, 0.15) is 40.3 Å². The number of phenols is 1. The smallest absolute Gasteiger partial charge is 0.170 e. The molecule has 1 aliphatic rings. The van der Waals surface area contributed by atoms with Gasteiger partial charge in [0.25, 0.3) is 0 Å². The predicted molar refractivity (Wildman–Crippen MR) is 137 cm³/mol. The highest BCUT2D eigenvalue weighted by Gasteiger charge is 2.41. The number of hydrogen-bond acceptors (Lipinski definition) is 4. The molecule has 1 fully saturated rings. The topological polar surface area (TPSA) is 66.2 Å². The molecular weight excluding hydrogens is 466 g/mol. The van der Waals surface area contributed by atoms with Crippen LogP contribution in [0.3, 0.4) is 0 Å². The number of halogens is 1. The van der Waals surface area contributed by atoms with E-state index in [4.69, 9.17) is 23.8 Å². The fourth-order valence-corrected chi connectivity index (χ4v) is 5.21. The Morgan fingerprint density at radius 1 is 1.09 bits per heavy atom. The van der Waals surface area contributed by atoms with Gasteiger partial charge in [0.15, 0.2) is 5.11 Å². The zero-order chi connectivity index (χ0) is 23.8. The molecule has 4 aromatic rings. The highest BCUT2D eigenvalue weighted by molar-refractivity contribution is 7.80. The van der Waals surface area contributed by atoms with Gasteiger partial charge in [-0.2, -0.15) is 0 Å². The lowest BCUT2D eigenvalue weighted by Crippen LogP contribution is -2.29. The predicted octanol–water partition coefficient (Wildman–Crippen LogP) is 5.42. The van der Waals surface area contributed by atoms with Crippen molar-refractivity contribution in [3.63, 3.8) is 0 Å². The zero-order valence-corrected chi connectivity index (χ0v) is 20.4. The van der Waals surface area contributed by atoms with E-state index in [0.29, 0.717) is 22.4 Å². The molecule has 8 heteroatoms. The van der Waals surface area contributed by atoms with Gasteiger partial charge in [-0.25, -0.2) is 0 Å². The molecule has 1 aliphatic heterocycles. The molecule has 2 unspecified atom stereocenters. The number of nitrogens with one attached hydrogen (secondary N) is 1. The Hall–Kier alpha value is -3.42. The summed E-state index contributed by atoms with van der Waals surface area (Å²) in [5.41, 5.74) is 5.73. The summed E-state index contributed by atoms with van der Waals surface area (Å²) in [5, 5.41) is 15.3. The summed E-state index contributed by atoms with van der Waals surface area (Å²) in [6.45, 7) is 4.69. The normalized spacial score (nSPS) is 17.7. The van der Waals surface area contributed by atoms with E-state index in [0.717, 1.165) is 28.2 Å². The van der Waals surface area contributed by atoms with E-state index in [1.807, 2.05) is 48.0 Å².